The van der Waals surface area contributed by atoms with Crippen LogP contribution in [0.2, 0.25) is 0 Å². The van der Waals surface area contributed by atoms with E-state index in [1.54, 1.807) is 56.7 Å². The summed E-state index contributed by atoms with van der Waals surface area (Å²) in [6, 6.07) is 5.48. The Hall–Kier alpha value is -3.95. The van der Waals surface area contributed by atoms with E-state index in [-0.39, 0.29) is 18.0 Å². The fourth-order valence-electron chi connectivity index (χ4n) is 3.29. The third-order valence-electron chi connectivity index (χ3n) is 4.85. The van der Waals surface area contributed by atoms with E-state index in [9.17, 15) is 19.5 Å². The Kier molecular flexibility index (Phi) is 6.49. The number of nitrogens with one attached hydrogen (secondary N) is 2. The number of rotatable bonds is 7. The molecule has 0 bridgehead atoms. The van der Waals surface area contributed by atoms with Crippen molar-refractivity contribution in [3.63, 3.8) is 0 Å². The van der Waals surface area contributed by atoms with Gasteiger partial charge in [0, 0.05) is 43.9 Å². The molecule has 3 heterocycles. The summed E-state index contributed by atoms with van der Waals surface area (Å²) in [6.07, 6.45) is 6.35. The quantitative estimate of drug-likeness (QED) is 0.530. The zero-order valence-electron chi connectivity index (χ0n) is 17.4. The van der Waals surface area contributed by atoms with E-state index in [0.717, 1.165) is 0 Å². The van der Waals surface area contributed by atoms with Crippen LogP contribution in [0.15, 0.2) is 53.8 Å². The Morgan fingerprint density at radius 3 is 2.71 bits per heavy atom. The molecular weight excluding hydrogens is 400 g/mol. The molecule has 0 aliphatic rings. The van der Waals surface area contributed by atoms with Gasteiger partial charge in [0.2, 0.25) is 0 Å². The van der Waals surface area contributed by atoms with Gasteiger partial charge in [-0.15, -0.1) is 0 Å². The van der Waals surface area contributed by atoms with E-state index >= 15 is 0 Å². The van der Waals surface area contributed by atoms with Crippen LogP contribution >= 0.6 is 0 Å². The molecule has 0 saturated carbocycles. The van der Waals surface area contributed by atoms with Crippen molar-refractivity contribution in [3.8, 4) is 16.9 Å². The summed E-state index contributed by atoms with van der Waals surface area (Å²) in [6.45, 7) is 3.63. The lowest BCUT2D eigenvalue weighted by Gasteiger charge is -2.27. The van der Waals surface area contributed by atoms with Crippen LogP contribution in [0.25, 0.3) is 16.9 Å². The van der Waals surface area contributed by atoms with Crippen LogP contribution in [-0.2, 0) is 11.3 Å². The van der Waals surface area contributed by atoms with Gasteiger partial charge in [0.15, 0.2) is 5.82 Å². The summed E-state index contributed by atoms with van der Waals surface area (Å²) in [4.78, 5) is 46.0. The average Bonchev–Trinajstić information content (AvgIpc) is 3.13. The van der Waals surface area contributed by atoms with E-state index in [2.05, 4.69) is 20.4 Å². The standard InChI is InChI=1S/C21H24N6O4/c1-13(2)18(20(29)30)26(3)21(31)24-10-14-6-8-23-17(9-14)27-19(28)16(12-25-27)15-5-4-7-22-11-15/h4-9,11-13,18,25H,10H2,1-3H3,(H,24,31)(H,29,30)/t18-/m0/s1. The lowest BCUT2D eigenvalue weighted by atomic mass is 10.0. The zero-order chi connectivity index (χ0) is 22.5. The van der Waals surface area contributed by atoms with Gasteiger partial charge in [-0.2, -0.15) is 0 Å². The third-order valence-corrected chi connectivity index (χ3v) is 4.85. The molecular formula is C21H24N6O4. The largest absolute Gasteiger partial charge is 0.480 e. The first kappa shape index (κ1) is 21.8. The summed E-state index contributed by atoms with van der Waals surface area (Å²) in [5.41, 5.74) is 1.57. The fraction of sp³-hybridized carbons (Fsp3) is 0.286. The predicted octanol–water partition coefficient (Wildman–Crippen LogP) is 1.87. The van der Waals surface area contributed by atoms with Crippen molar-refractivity contribution in [3.05, 3.63) is 65.0 Å². The fourth-order valence-corrected chi connectivity index (χ4v) is 3.29. The number of carbonyl (C=O) groups excluding carboxylic acids is 1. The smallest absolute Gasteiger partial charge is 0.326 e. The van der Waals surface area contributed by atoms with Crippen LogP contribution in [0.5, 0.6) is 0 Å². The zero-order valence-corrected chi connectivity index (χ0v) is 17.4. The number of likely N-dealkylation sites (N-methyl/N-ethyl adjacent to an activating group) is 1. The molecule has 10 nitrogen and oxygen atoms in total. The molecule has 0 aromatic carbocycles. The van der Waals surface area contributed by atoms with Crippen molar-refractivity contribution in [1.82, 2.24) is 30.0 Å². The van der Waals surface area contributed by atoms with Gasteiger partial charge >= 0.3 is 12.0 Å². The van der Waals surface area contributed by atoms with Gasteiger partial charge in [0.25, 0.3) is 5.56 Å². The molecule has 0 spiro atoms. The second-order valence-electron chi connectivity index (χ2n) is 7.39. The number of aromatic amines is 1. The molecule has 3 aromatic rings. The van der Waals surface area contributed by atoms with Crippen LogP contribution in [0.1, 0.15) is 19.4 Å². The van der Waals surface area contributed by atoms with Gasteiger partial charge in [-0.25, -0.2) is 19.3 Å². The summed E-state index contributed by atoms with van der Waals surface area (Å²) >= 11 is 0. The Morgan fingerprint density at radius 1 is 1.29 bits per heavy atom. The molecule has 0 aliphatic heterocycles. The van der Waals surface area contributed by atoms with Gasteiger partial charge in [-0.3, -0.25) is 14.9 Å². The van der Waals surface area contributed by atoms with E-state index in [0.29, 0.717) is 22.5 Å². The molecule has 3 N–H and O–H groups in total. The van der Waals surface area contributed by atoms with Crippen molar-refractivity contribution < 1.29 is 14.7 Å². The third kappa shape index (κ3) is 4.80. The van der Waals surface area contributed by atoms with Crippen LogP contribution in [0.3, 0.4) is 0 Å². The highest BCUT2D eigenvalue weighted by Crippen LogP contribution is 2.14. The van der Waals surface area contributed by atoms with Gasteiger partial charge < -0.3 is 15.3 Å². The minimum absolute atomic E-state index is 0.147. The summed E-state index contributed by atoms with van der Waals surface area (Å²) < 4.78 is 1.30. The molecule has 31 heavy (non-hydrogen) atoms. The Balaban J connectivity index is 1.75. The molecule has 0 aliphatic carbocycles. The number of carboxylic acid groups (broad SMARTS) is 1. The van der Waals surface area contributed by atoms with Crippen LogP contribution in [0.4, 0.5) is 4.79 Å². The maximum absolute atomic E-state index is 12.8. The van der Waals surface area contributed by atoms with Crippen molar-refractivity contribution in [2.24, 2.45) is 5.92 Å². The first-order valence-corrected chi connectivity index (χ1v) is 9.69. The van der Waals surface area contributed by atoms with Crippen molar-refractivity contribution in [2.45, 2.75) is 26.4 Å². The normalized spacial score (nSPS) is 11.9. The SMILES string of the molecule is CC(C)[C@@H](C(=O)O)N(C)C(=O)NCc1ccnc(-n2[nH]cc(-c3cccnc3)c2=O)c1. The van der Waals surface area contributed by atoms with Crippen molar-refractivity contribution in [1.29, 1.82) is 0 Å². The molecule has 0 radical (unpaired) electrons. The highest BCUT2D eigenvalue weighted by molar-refractivity contribution is 5.82. The van der Waals surface area contributed by atoms with Gasteiger partial charge in [-0.1, -0.05) is 19.9 Å². The monoisotopic (exact) mass is 424 g/mol. The molecule has 10 heteroatoms. The van der Waals surface area contributed by atoms with Gasteiger partial charge in [0.05, 0.1) is 5.56 Å². The second kappa shape index (κ2) is 9.24. The number of urea groups is 1. The number of amides is 2. The maximum atomic E-state index is 12.8. The number of nitrogens with zero attached hydrogens (tertiary/aromatic N) is 4. The van der Waals surface area contributed by atoms with Crippen LogP contribution in [0, 0.1) is 5.92 Å². The average molecular weight is 424 g/mol. The van der Waals surface area contributed by atoms with Gasteiger partial charge in [0.1, 0.15) is 6.04 Å². The summed E-state index contributed by atoms with van der Waals surface area (Å²) in [5, 5.41) is 14.9. The van der Waals surface area contributed by atoms with Crippen molar-refractivity contribution >= 4 is 12.0 Å². The molecule has 3 aromatic heterocycles. The first-order valence-electron chi connectivity index (χ1n) is 9.69. The predicted molar refractivity (Wildman–Crippen MR) is 114 cm³/mol. The maximum Gasteiger partial charge on any atom is 0.326 e. The van der Waals surface area contributed by atoms with Crippen molar-refractivity contribution in [2.75, 3.05) is 7.05 Å². The molecule has 0 unspecified atom stereocenters. The number of carbonyl (C=O) groups is 2. The van der Waals surface area contributed by atoms with E-state index < -0.39 is 18.0 Å². The van der Waals surface area contributed by atoms with Crippen LogP contribution < -0.4 is 10.9 Å². The van der Waals surface area contributed by atoms with Crippen LogP contribution in [-0.4, -0.2) is 54.8 Å². The molecule has 162 valence electrons. The number of aliphatic carboxylic acids is 1. The highest BCUT2D eigenvalue weighted by Gasteiger charge is 2.29. The highest BCUT2D eigenvalue weighted by atomic mass is 16.4. The Labute approximate surface area is 178 Å². The minimum atomic E-state index is -1.06. The number of pyridine rings is 2. The van der Waals surface area contributed by atoms with E-state index in [1.807, 2.05) is 0 Å². The lowest BCUT2D eigenvalue weighted by Crippen LogP contribution is -2.49. The molecule has 1 atom stereocenters. The van der Waals surface area contributed by atoms with E-state index in [1.165, 1.54) is 22.8 Å². The number of hydrogen-bond acceptors (Lipinski definition) is 5. The second-order valence-corrected chi connectivity index (χ2v) is 7.39. The topological polar surface area (TPSA) is 133 Å². The summed E-state index contributed by atoms with van der Waals surface area (Å²) in [7, 11) is 1.45. The van der Waals surface area contributed by atoms with Gasteiger partial charge in [-0.05, 0) is 29.7 Å². The van der Waals surface area contributed by atoms with E-state index in [4.69, 9.17) is 0 Å². The number of aromatic nitrogens is 4. The molecule has 3 rings (SSSR count). The summed E-state index contributed by atoms with van der Waals surface area (Å²) in [5.74, 6) is -0.935. The number of hydrogen-bond donors (Lipinski definition) is 3. The number of carboxylic acids is 1. The Bertz CT molecular complexity index is 1120. The lowest BCUT2D eigenvalue weighted by molar-refractivity contribution is -0.143. The molecule has 0 saturated heterocycles. The Morgan fingerprint density at radius 2 is 2.06 bits per heavy atom. The molecule has 2 amide bonds. The first-order chi connectivity index (χ1) is 14.8. The number of H-pyrrole nitrogens is 1. The molecule has 0 fully saturated rings. The minimum Gasteiger partial charge on any atom is -0.480 e.